The Morgan fingerprint density at radius 1 is 1.35 bits per heavy atom. The van der Waals surface area contributed by atoms with Crippen molar-refractivity contribution in [3.63, 3.8) is 0 Å². The van der Waals surface area contributed by atoms with Crippen LogP contribution in [0, 0.1) is 0 Å². The minimum absolute atomic E-state index is 0.584. The van der Waals surface area contributed by atoms with Gasteiger partial charge in [-0.05, 0) is 49.6 Å². The van der Waals surface area contributed by atoms with Gasteiger partial charge < -0.3 is 5.32 Å². The number of aromatic nitrogens is 1. The third kappa shape index (κ3) is 4.78. The standard InChI is InChI=1S/C17H28N2S/c1-3-10-18-16(17-7-5-6-11-20-17)12-15-9-8-14(4-2)13-19-15/h8-9,13,16-18H,3-7,10-12H2,1-2H3. The molecule has 3 heteroatoms. The Kier molecular flexibility index (Phi) is 6.88. The highest BCUT2D eigenvalue weighted by Crippen LogP contribution is 2.28. The van der Waals surface area contributed by atoms with Gasteiger partial charge in [0.25, 0.3) is 0 Å². The van der Waals surface area contributed by atoms with Gasteiger partial charge >= 0.3 is 0 Å². The van der Waals surface area contributed by atoms with Crippen molar-refractivity contribution in [2.75, 3.05) is 12.3 Å². The van der Waals surface area contributed by atoms with Gasteiger partial charge in [0, 0.05) is 29.6 Å². The van der Waals surface area contributed by atoms with E-state index >= 15 is 0 Å². The summed E-state index contributed by atoms with van der Waals surface area (Å²) in [7, 11) is 0. The number of hydrogen-bond acceptors (Lipinski definition) is 3. The van der Waals surface area contributed by atoms with Crippen LogP contribution in [-0.2, 0) is 12.8 Å². The predicted octanol–water partition coefficient (Wildman–Crippen LogP) is 3.84. The molecule has 0 bridgehead atoms. The second-order valence-corrected chi connectivity index (χ2v) is 7.03. The van der Waals surface area contributed by atoms with Gasteiger partial charge in [0.1, 0.15) is 0 Å². The Morgan fingerprint density at radius 2 is 2.25 bits per heavy atom. The molecule has 1 saturated heterocycles. The molecule has 2 rings (SSSR count). The van der Waals surface area contributed by atoms with Gasteiger partial charge in [0.2, 0.25) is 0 Å². The van der Waals surface area contributed by atoms with Crippen molar-refractivity contribution in [3.05, 3.63) is 29.6 Å². The van der Waals surface area contributed by atoms with E-state index in [-0.39, 0.29) is 0 Å². The minimum Gasteiger partial charge on any atom is -0.312 e. The summed E-state index contributed by atoms with van der Waals surface area (Å²) in [5.74, 6) is 1.33. The lowest BCUT2D eigenvalue weighted by atomic mass is 10.0. The van der Waals surface area contributed by atoms with E-state index in [1.165, 1.54) is 42.7 Å². The largest absolute Gasteiger partial charge is 0.312 e. The highest BCUT2D eigenvalue weighted by Gasteiger charge is 2.24. The Hall–Kier alpha value is -0.540. The number of aryl methyl sites for hydroxylation is 1. The molecule has 0 spiro atoms. The fraction of sp³-hybridized carbons (Fsp3) is 0.706. The quantitative estimate of drug-likeness (QED) is 0.826. The lowest BCUT2D eigenvalue weighted by Gasteiger charge is -2.30. The van der Waals surface area contributed by atoms with Crippen LogP contribution >= 0.6 is 11.8 Å². The summed E-state index contributed by atoms with van der Waals surface area (Å²) >= 11 is 2.16. The van der Waals surface area contributed by atoms with Crippen LogP contribution in [0.25, 0.3) is 0 Å². The van der Waals surface area contributed by atoms with Crippen LogP contribution in [0.15, 0.2) is 18.3 Å². The molecule has 112 valence electrons. The van der Waals surface area contributed by atoms with Crippen molar-refractivity contribution in [2.24, 2.45) is 0 Å². The lowest BCUT2D eigenvalue weighted by Crippen LogP contribution is -2.41. The van der Waals surface area contributed by atoms with Gasteiger partial charge in [-0.2, -0.15) is 11.8 Å². The van der Waals surface area contributed by atoms with Crippen LogP contribution in [0.3, 0.4) is 0 Å². The molecule has 0 amide bonds. The third-order valence-corrected chi connectivity index (χ3v) is 5.56. The average molecular weight is 292 g/mol. The molecule has 2 unspecified atom stereocenters. The van der Waals surface area contributed by atoms with Crippen LogP contribution in [0.5, 0.6) is 0 Å². The summed E-state index contributed by atoms with van der Waals surface area (Å²) in [5.41, 5.74) is 2.57. The van der Waals surface area contributed by atoms with E-state index in [0.717, 1.165) is 24.6 Å². The van der Waals surface area contributed by atoms with Crippen molar-refractivity contribution < 1.29 is 0 Å². The molecule has 1 aromatic rings. The van der Waals surface area contributed by atoms with Gasteiger partial charge in [-0.3, -0.25) is 4.98 Å². The molecule has 1 aliphatic rings. The van der Waals surface area contributed by atoms with Crippen molar-refractivity contribution in [2.45, 2.75) is 63.7 Å². The first-order valence-corrected chi connectivity index (χ1v) is 9.17. The summed E-state index contributed by atoms with van der Waals surface area (Å²) in [5, 5.41) is 4.52. The van der Waals surface area contributed by atoms with Crippen LogP contribution in [-0.4, -0.2) is 28.6 Å². The molecule has 2 heterocycles. The van der Waals surface area contributed by atoms with E-state index in [2.05, 4.69) is 48.0 Å². The van der Waals surface area contributed by atoms with Crippen LogP contribution in [0.4, 0.5) is 0 Å². The van der Waals surface area contributed by atoms with Crippen LogP contribution < -0.4 is 5.32 Å². The van der Waals surface area contributed by atoms with Crippen molar-refractivity contribution in [3.8, 4) is 0 Å². The summed E-state index contributed by atoms with van der Waals surface area (Å²) < 4.78 is 0. The summed E-state index contributed by atoms with van der Waals surface area (Å²) in [6.45, 7) is 5.54. The topological polar surface area (TPSA) is 24.9 Å². The maximum absolute atomic E-state index is 4.64. The van der Waals surface area contributed by atoms with Crippen LogP contribution in [0.1, 0.15) is 50.8 Å². The molecule has 1 aromatic heterocycles. The first kappa shape index (κ1) is 15.8. The second kappa shape index (κ2) is 8.68. The molecule has 20 heavy (non-hydrogen) atoms. The summed E-state index contributed by atoms with van der Waals surface area (Å²) in [6, 6.07) is 5.03. The molecule has 2 nitrogen and oxygen atoms in total. The number of pyridine rings is 1. The monoisotopic (exact) mass is 292 g/mol. The molecule has 0 aliphatic carbocycles. The normalized spacial score (nSPS) is 20.8. The summed E-state index contributed by atoms with van der Waals surface area (Å²) in [4.78, 5) is 4.64. The lowest BCUT2D eigenvalue weighted by molar-refractivity contribution is 0.458. The average Bonchev–Trinajstić information content (AvgIpc) is 2.53. The zero-order chi connectivity index (χ0) is 14.2. The highest BCUT2D eigenvalue weighted by atomic mass is 32.2. The number of nitrogens with one attached hydrogen (secondary N) is 1. The molecule has 1 N–H and O–H groups in total. The molecule has 0 saturated carbocycles. The number of hydrogen-bond donors (Lipinski definition) is 1. The van der Waals surface area contributed by atoms with Crippen molar-refractivity contribution >= 4 is 11.8 Å². The summed E-state index contributed by atoms with van der Waals surface area (Å²) in [6.07, 6.45) is 9.54. The van der Waals surface area contributed by atoms with Gasteiger partial charge in [-0.25, -0.2) is 0 Å². The first-order chi connectivity index (χ1) is 9.83. The highest BCUT2D eigenvalue weighted by molar-refractivity contribution is 8.00. The molecule has 0 aromatic carbocycles. The Labute approximate surface area is 128 Å². The minimum atomic E-state index is 0.584. The zero-order valence-corrected chi connectivity index (χ0v) is 13.7. The molecular formula is C17H28N2S. The Balaban J connectivity index is 1.97. The van der Waals surface area contributed by atoms with E-state index in [1.54, 1.807) is 0 Å². The number of nitrogens with zero attached hydrogens (tertiary/aromatic N) is 1. The molecule has 1 fully saturated rings. The second-order valence-electron chi connectivity index (χ2n) is 5.68. The predicted molar refractivity (Wildman–Crippen MR) is 89.5 cm³/mol. The zero-order valence-electron chi connectivity index (χ0n) is 12.9. The fourth-order valence-corrected chi connectivity index (χ4v) is 4.19. The van der Waals surface area contributed by atoms with Gasteiger partial charge in [-0.1, -0.05) is 26.3 Å². The van der Waals surface area contributed by atoms with Crippen molar-refractivity contribution in [1.82, 2.24) is 10.3 Å². The fourth-order valence-electron chi connectivity index (χ4n) is 2.76. The van der Waals surface area contributed by atoms with Gasteiger partial charge in [0.15, 0.2) is 0 Å². The number of thioether (sulfide) groups is 1. The van der Waals surface area contributed by atoms with E-state index in [4.69, 9.17) is 0 Å². The van der Waals surface area contributed by atoms with E-state index < -0.39 is 0 Å². The van der Waals surface area contributed by atoms with Crippen molar-refractivity contribution in [1.29, 1.82) is 0 Å². The van der Waals surface area contributed by atoms with Gasteiger partial charge in [-0.15, -0.1) is 0 Å². The number of rotatable bonds is 7. The first-order valence-electron chi connectivity index (χ1n) is 8.12. The van der Waals surface area contributed by atoms with E-state index in [9.17, 15) is 0 Å². The van der Waals surface area contributed by atoms with E-state index in [1.807, 2.05) is 6.20 Å². The van der Waals surface area contributed by atoms with E-state index in [0.29, 0.717) is 6.04 Å². The van der Waals surface area contributed by atoms with Gasteiger partial charge in [0.05, 0.1) is 0 Å². The SMILES string of the molecule is CCCNC(Cc1ccc(CC)cn1)C1CCCCS1. The molecule has 1 aliphatic heterocycles. The third-order valence-electron chi connectivity index (χ3n) is 4.04. The maximum atomic E-state index is 4.64. The molecule has 2 atom stereocenters. The molecular weight excluding hydrogens is 264 g/mol. The maximum Gasteiger partial charge on any atom is 0.0419 e. The van der Waals surface area contributed by atoms with Crippen LogP contribution in [0.2, 0.25) is 0 Å². The Morgan fingerprint density at radius 3 is 2.85 bits per heavy atom. The smallest absolute Gasteiger partial charge is 0.0419 e. The molecule has 0 radical (unpaired) electrons. The Bertz CT molecular complexity index is 371.